The molecule has 0 aliphatic carbocycles. The van der Waals surface area contributed by atoms with Gasteiger partial charge in [0.1, 0.15) is 0 Å². The second kappa shape index (κ2) is 8.10. The van der Waals surface area contributed by atoms with E-state index >= 15 is 0 Å². The largest absolute Gasteiger partial charge is 0.381 e. The topological polar surface area (TPSA) is 67.6 Å². The van der Waals surface area contributed by atoms with Crippen LogP contribution in [0.5, 0.6) is 0 Å². The maximum Gasteiger partial charge on any atom is 0.237 e. The maximum absolute atomic E-state index is 12.4. The van der Waals surface area contributed by atoms with E-state index in [2.05, 4.69) is 41.4 Å². The number of carbonyl (C=O) groups excluding carboxylic acids is 1. The summed E-state index contributed by atoms with van der Waals surface area (Å²) >= 11 is 0. The lowest BCUT2D eigenvalue weighted by Crippen LogP contribution is -2.50. The molecule has 0 saturated carbocycles. The molecule has 0 bridgehead atoms. The molecule has 1 amide bonds. The number of ether oxygens (including phenoxy) is 1. The highest BCUT2D eigenvalue weighted by atomic mass is 16.5. The van der Waals surface area contributed by atoms with E-state index in [-0.39, 0.29) is 17.9 Å². The van der Waals surface area contributed by atoms with Crippen molar-refractivity contribution >= 4 is 5.91 Å². The van der Waals surface area contributed by atoms with Gasteiger partial charge in [0.15, 0.2) is 0 Å². The molecular formula is C19H29N3O2. The quantitative estimate of drug-likeness (QED) is 0.862. The van der Waals surface area contributed by atoms with Crippen LogP contribution in [0.2, 0.25) is 0 Å². The van der Waals surface area contributed by atoms with Crippen molar-refractivity contribution in [2.45, 2.75) is 44.3 Å². The van der Waals surface area contributed by atoms with Gasteiger partial charge in [0.2, 0.25) is 5.91 Å². The Kier molecular flexibility index (Phi) is 5.87. The Balaban J connectivity index is 1.49. The molecule has 0 aromatic heterocycles. The fourth-order valence-corrected chi connectivity index (χ4v) is 3.79. The van der Waals surface area contributed by atoms with Crippen LogP contribution >= 0.6 is 0 Å². The minimum atomic E-state index is -0.408. The van der Waals surface area contributed by atoms with Crippen LogP contribution in [0.25, 0.3) is 0 Å². The molecule has 2 aliphatic heterocycles. The molecule has 2 fully saturated rings. The molecule has 5 nitrogen and oxygen atoms in total. The Morgan fingerprint density at radius 3 is 2.67 bits per heavy atom. The zero-order valence-electron chi connectivity index (χ0n) is 14.5. The Labute approximate surface area is 144 Å². The lowest BCUT2D eigenvalue weighted by atomic mass is 9.91. The molecule has 1 aromatic rings. The van der Waals surface area contributed by atoms with Crippen molar-refractivity contribution in [1.29, 1.82) is 0 Å². The first-order valence-electron chi connectivity index (χ1n) is 9.08. The maximum atomic E-state index is 12.4. The molecule has 3 unspecified atom stereocenters. The van der Waals surface area contributed by atoms with E-state index in [1.54, 1.807) is 0 Å². The number of benzene rings is 1. The number of carbonyl (C=O) groups is 1. The van der Waals surface area contributed by atoms with Gasteiger partial charge in [-0.15, -0.1) is 0 Å². The minimum Gasteiger partial charge on any atom is -0.381 e. The van der Waals surface area contributed by atoms with E-state index in [9.17, 15) is 4.79 Å². The van der Waals surface area contributed by atoms with Gasteiger partial charge < -0.3 is 15.8 Å². The highest BCUT2D eigenvalue weighted by Gasteiger charge is 2.31. The third-order valence-corrected chi connectivity index (χ3v) is 5.47. The standard InChI is InChI=1S/C19H29N3O2/c1-14(15-5-3-2-4-6-15)22-10-7-17(13-22)21-19(23)18(20)16-8-11-24-12-9-16/h2-6,14,16-18H,7-13,20H2,1H3,(H,21,23). The van der Waals surface area contributed by atoms with Crippen molar-refractivity contribution < 1.29 is 9.53 Å². The van der Waals surface area contributed by atoms with E-state index in [0.717, 1.165) is 45.6 Å². The Bertz CT molecular complexity index is 531. The summed E-state index contributed by atoms with van der Waals surface area (Å²) in [5, 5.41) is 3.17. The summed E-state index contributed by atoms with van der Waals surface area (Å²) in [6, 6.07) is 10.7. The summed E-state index contributed by atoms with van der Waals surface area (Å²) in [7, 11) is 0. The number of likely N-dealkylation sites (tertiary alicyclic amines) is 1. The van der Waals surface area contributed by atoms with Crippen LogP contribution in [0, 0.1) is 5.92 Å². The van der Waals surface area contributed by atoms with Crippen molar-refractivity contribution in [3.05, 3.63) is 35.9 Å². The van der Waals surface area contributed by atoms with Crippen molar-refractivity contribution in [2.24, 2.45) is 11.7 Å². The van der Waals surface area contributed by atoms with Crippen LogP contribution in [-0.4, -0.2) is 49.2 Å². The van der Waals surface area contributed by atoms with Crippen LogP contribution < -0.4 is 11.1 Å². The molecule has 3 N–H and O–H groups in total. The van der Waals surface area contributed by atoms with Gasteiger partial charge in [-0.2, -0.15) is 0 Å². The molecule has 3 rings (SSSR count). The van der Waals surface area contributed by atoms with Gasteiger partial charge in [-0.3, -0.25) is 9.69 Å². The van der Waals surface area contributed by atoms with E-state index < -0.39 is 6.04 Å². The summed E-state index contributed by atoms with van der Waals surface area (Å²) in [4.78, 5) is 14.9. The molecule has 2 aliphatic rings. The molecule has 24 heavy (non-hydrogen) atoms. The van der Waals surface area contributed by atoms with Gasteiger partial charge >= 0.3 is 0 Å². The van der Waals surface area contributed by atoms with Gasteiger partial charge in [0.25, 0.3) is 0 Å². The van der Waals surface area contributed by atoms with Crippen LogP contribution in [0.1, 0.15) is 37.8 Å². The minimum absolute atomic E-state index is 0.00103. The lowest BCUT2D eigenvalue weighted by molar-refractivity contribution is -0.125. The van der Waals surface area contributed by atoms with Crippen LogP contribution in [0.4, 0.5) is 0 Å². The number of nitrogens with one attached hydrogen (secondary N) is 1. The normalized spacial score (nSPS) is 25.3. The predicted molar refractivity (Wildman–Crippen MR) is 94.5 cm³/mol. The number of hydrogen-bond acceptors (Lipinski definition) is 4. The van der Waals surface area contributed by atoms with Crippen molar-refractivity contribution in [3.63, 3.8) is 0 Å². The second-order valence-electron chi connectivity index (χ2n) is 7.05. The van der Waals surface area contributed by atoms with E-state index in [4.69, 9.17) is 10.5 Å². The molecule has 3 atom stereocenters. The molecule has 132 valence electrons. The average molecular weight is 331 g/mol. The molecule has 2 heterocycles. The Morgan fingerprint density at radius 2 is 1.96 bits per heavy atom. The number of amides is 1. The molecule has 2 saturated heterocycles. The summed E-state index contributed by atoms with van der Waals surface area (Å²) in [6.45, 7) is 5.57. The van der Waals surface area contributed by atoms with Gasteiger partial charge in [0, 0.05) is 38.4 Å². The van der Waals surface area contributed by atoms with Crippen LogP contribution in [0.15, 0.2) is 30.3 Å². The number of hydrogen-bond donors (Lipinski definition) is 2. The molecular weight excluding hydrogens is 302 g/mol. The lowest BCUT2D eigenvalue weighted by Gasteiger charge is -2.28. The highest BCUT2D eigenvalue weighted by molar-refractivity contribution is 5.82. The van der Waals surface area contributed by atoms with Crippen LogP contribution in [-0.2, 0) is 9.53 Å². The first kappa shape index (κ1) is 17.4. The average Bonchev–Trinajstić information content (AvgIpc) is 3.10. The molecule has 0 spiro atoms. The Morgan fingerprint density at radius 1 is 1.25 bits per heavy atom. The monoisotopic (exact) mass is 331 g/mol. The number of nitrogens with zero attached hydrogens (tertiary/aromatic N) is 1. The zero-order chi connectivity index (χ0) is 16.9. The van der Waals surface area contributed by atoms with Crippen molar-refractivity contribution in [2.75, 3.05) is 26.3 Å². The predicted octanol–water partition coefficient (Wildman–Crippen LogP) is 1.69. The zero-order valence-corrected chi connectivity index (χ0v) is 14.5. The summed E-state index contributed by atoms with van der Waals surface area (Å²) < 4.78 is 5.35. The molecule has 1 aromatic carbocycles. The second-order valence-corrected chi connectivity index (χ2v) is 7.05. The third kappa shape index (κ3) is 4.15. The van der Waals surface area contributed by atoms with Gasteiger partial charge in [-0.05, 0) is 37.7 Å². The summed E-state index contributed by atoms with van der Waals surface area (Å²) in [5.41, 5.74) is 7.50. The number of rotatable bonds is 5. The summed E-state index contributed by atoms with van der Waals surface area (Å²) in [6.07, 6.45) is 2.76. The fourth-order valence-electron chi connectivity index (χ4n) is 3.79. The highest BCUT2D eigenvalue weighted by Crippen LogP contribution is 2.25. The fraction of sp³-hybridized carbons (Fsp3) is 0.632. The van der Waals surface area contributed by atoms with Crippen molar-refractivity contribution in [1.82, 2.24) is 10.2 Å². The molecule has 5 heteroatoms. The van der Waals surface area contributed by atoms with Crippen LogP contribution in [0.3, 0.4) is 0 Å². The van der Waals surface area contributed by atoms with Gasteiger partial charge in [0.05, 0.1) is 6.04 Å². The van der Waals surface area contributed by atoms with E-state index in [0.29, 0.717) is 6.04 Å². The first-order chi connectivity index (χ1) is 11.6. The first-order valence-corrected chi connectivity index (χ1v) is 9.08. The third-order valence-electron chi connectivity index (χ3n) is 5.47. The smallest absolute Gasteiger partial charge is 0.237 e. The molecule has 0 radical (unpaired) electrons. The van der Waals surface area contributed by atoms with E-state index in [1.165, 1.54) is 5.56 Å². The SMILES string of the molecule is CC(c1ccccc1)N1CCC(NC(=O)C(N)C2CCOCC2)C1. The van der Waals surface area contributed by atoms with Crippen molar-refractivity contribution in [3.8, 4) is 0 Å². The van der Waals surface area contributed by atoms with Gasteiger partial charge in [-0.1, -0.05) is 30.3 Å². The van der Waals surface area contributed by atoms with Gasteiger partial charge in [-0.25, -0.2) is 0 Å². The van der Waals surface area contributed by atoms with E-state index in [1.807, 2.05) is 6.07 Å². The summed E-state index contributed by atoms with van der Waals surface area (Å²) in [5.74, 6) is 0.251. The number of nitrogens with two attached hydrogens (primary N) is 1. The Hall–Kier alpha value is -1.43.